The van der Waals surface area contributed by atoms with Gasteiger partial charge in [0.25, 0.3) is 5.91 Å². The SMILES string of the molecule is CCc1nc2c(C)cccn2c1C(=O)N(CC)c1cccc(C)c1. The van der Waals surface area contributed by atoms with Crippen molar-refractivity contribution in [3.8, 4) is 0 Å². The predicted molar refractivity (Wildman–Crippen MR) is 97.8 cm³/mol. The molecule has 3 aromatic rings. The first kappa shape index (κ1) is 16.2. The minimum atomic E-state index is -0.00181. The van der Waals surface area contributed by atoms with Crippen molar-refractivity contribution in [1.82, 2.24) is 9.38 Å². The summed E-state index contributed by atoms with van der Waals surface area (Å²) in [5, 5.41) is 0. The zero-order chi connectivity index (χ0) is 17.3. The van der Waals surface area contributed by atoms with Crippen molar-refractivity contribution in [2.45, 2.75) is 34.1 Å². The van der Waals surface area contributed by atoms with Crippen LogP contribution in [0.5, 0.6) is 0 Å². The zero-order valence-corrected chi connectivity index (χ0v) is 14.7. The van der Waals surface area contributed by atoms with Crippen molar-refractivity contribution in [3.05, 3.63) is 65.1 Å². The first-order chi connectivity index (χ1) is 11.6. The van der Waals surface area contributed by atoms with E-state index in [1.807, 2.05) is 79.6 Å². The Kier molecular flexibility index (Phi) is 4.38. The van der Waals surface area contributed by atoms with E-state index in [1.54, 1.807) is 0 Å². The number of benzene rings is 1. The smallest absolute Gasteiger partial charge is 0.277 e. The second-order valence-electron chi connectivity index (χ2n) is 6.03. The van der Waals surface area contributed by atoms with Gasteiger partial charge in [0.2, 0.25) is 0 Å². The first-order valence-electron chi connectivity index (χ1n) is 8.41. The van der Waals surface area contributed by atoms with Crippen LogP contribution in [0.2, 0.25) is 0 Å². The zero-order valence-electron chi connectivity index (χ0n) is 14.7. The lowest BCUT2D eigenvalue weighted by molar-refractivity contribution is 0.0981. The lowest BCUT2D eigenvalue weighted by Gasteiger charge is -2.22. The molecule has 3 rings (SSSR count). The van der Waals surface area contributed by atoms with Gasteiger partial charge in [0, 0.05) is 18.4 Å². The van der Waals surface area contributed by atoms with Crippen LogP contribution < -0.4 is 4.90 Å². The molecule has 0 radical (unpaired) electrons. The number of carbonyl (C=O) groups is 1. The average Bonchev–Trinajstić information content (AvgIpc) is 2.95. The van der Waals surface area contributed by atoms with Gasteiger partial charge in [-0.3, -0.25) is 9.20 Å². The molecule has 0 aliphatic rings. The average molecular weight is 321 g/mol. The highest BCUT2D eigenvalue weighted by Gasteiger charge is 2.24. The van der Waals surface area contributed by atoms with Gasteiger partial charge in [-0.2, -0.15) is 0 Å². The molecule has 0 bridgehead atoms. The minimum absolute atomic E-state index is 0.00181. The van der Waals surface area contributed by atoms with Crippen LogP contribution in [0.1, 0.15) is 41.2 Å². The summed E-state index contributed by atoms with van der Waals surface area (Å²) in [6, 6.07) is 12.0. The number of anilines is 1. The summed E-state index contributed by atoms with van der Waals surface area (Å²) in [7, 11) is 0. The molecule has 0 unspecified atom stereocenters. The Morgan fingerprint density at radius 2 is 1.96 bits per heavy atom. The molecule has 0 N–H and O–H groups in total. The molecule has 0 atom stereocenters. The van der Waals surface area contributed by atoms with Crippen molar-refractivity contribution >= 4 is 17.2 Å². The highest BCUT2D eigenvalue weighted by molar-refractivity contribution is 6.06. The van der Waals surface area contributed by atoms with E-state index < -0.39 is 0 Å². The van der Waals surface area contributed by atoms with E-state index in [1.165, 1.54) is 0 Å². The topological polar surface area (TPSA) is 37.6 Å². The summed E-state index contributed by atoms with van der Waals surface area (Å²) in [6.45, 7) is 8.71. The summed E-state index contributed by atoms with van der Waals surface area (Å²) < 4.78 is 1.93. The number of fused-ring (bicyclic) bond motifs is 1. The molecule has 124 valence electrons. The molecule has 0 saturated heterocycles. The lowest BCUT2D eigenvalue weighted by atomic mass is 10.2. The number of hydrogen-bond donors (Lipinski definition) is 0. The number of nitrogens with zero attached hydrogens (tertiary/aromatic N) is 3. The minimum Gasteiger partial charge on any atom is -0.307 e. The van der Waals surface area contributed by atoms with E-state index in [9.17, 15) is 4.79 Å². The lowest BCUT2D eigenvalue weighted by Crippen LogP contribution is -2.32. The highest BCUT2D eigenvalue weighted by atomic mass is 16.2. The summed E-state index contributed by atoms with van der Waals surface area (Å²) >= 11 is 0. The fourth-order valence-corrected chi connectivity index (χ4v) is 3.09. The standard InChI is InChI=1S/C20H23N3O/c1-5-17-18(23-12-8-10-15(4)19(23)21-17)20(24)22(6-2)16-11-7-9-14(3)13-16/h7-13H,5-6H2,1-4H3. The summed E-state index contributed by atoms with van der Waals surface area (Å²) in [5.74, 6) is -0.00181. The normalized spacial score (nSPS) is 11.0. The molecular weight excluding hydrogens is 298 g/mol. The molecule has 0 fully saturated rings. The number of aromatic nitrogens is 2. The summed E-state index contributed by atoms with van der Waals surface area (Å²) in [6.07, 6.45) is 2.65. The van der Waals surface area contributed by atoms with Crippen LogP contribution in [-0.4, -0.2) is 21.8 Å². The first-order valence-corrected chi connectivity index (χ1v) is 8.41. The largest absolute Gasteiger partial charge is 0.307 e. The van der Waals surface area contributed by atoms with Gasteiger partial charge in [-0.1, -0.05) is 25.1 Å². The number of imidazole rings is 1. The number of carbonyl (C=O) groups excluding carboxylic acids is 1. The van der Waals surface area contributed by atoms with Crippen LogP contribution >= 0.6 is 0 Å². The molecule has 0 spiro atoms. The van der Waals surface area contributed by atoms with Gasteiger partial charge in [0.1, 0.15) is 11.3 Å². The van der Waals surface area contributed by atoms with Gasteiger partial charge < -0.3 is 4.90 Å². The molecular formula is C20H23N3O. The second kappa shape index (κ2) is 6.48. The number of aryl methyl sites for hydroxylation is 3. The third kappa shape index (κ3) is 2.68. The van der Waals surface area contributed by atoms with E-state index >= 15 is 0 Å². The molecule has 0 aliphatic heterocycles. The maximum absolute atomic E-state index is 13.3. The van der Waals surface area contributed by atoms with E-state index in [0.29, 0.717) is 12.2 Å². The Bertz CT molecular complexity index is 895. The number of pyridine rings is 1. The van der Waals surface area contributed by atoms with Crippen molar-refractivity contribution in [3.63, 3.8) is 0 Å². The van der Waals surface area contributed by atoms with Gasteiger partial charge in [0.05, 0.1) is 5.69 Å². The van der Waals surface area contributed by atoms with Gasteiger partial charge in [-0.05, 0) is 56.5 Å². The maximum Gasteiger partial charge on any atom is 0.277 e. The van der Waals surface area contributed by atoms with E-state index in [2.05, 4.69) is 0 Å². The summed E-state index contributed by atoms with van der Waals surface area (Å²) in [5.41, 5.74) is 5.51. The van der Waals surface area contributed by atoms with Gasteiger partial charge in [-0.15, -0.1) is 0 Å². The predicted octanol–water partition coefficient (Wildman–Crippen LogP) is 4.18. The number of rotatable bonds is 4. The molecule has 1 aromatic carbocycles. The number of hydrogen-bond acceptors (Lipinski definition) is 2. The Morgan fingerprint density at radius 3 is 2.62 bits per heavy atom. The molecule has 2 heterocycles. The molecule has 2 aromatic heterocycles. The van der Waals surface area contributed by atoms with Crippen LogP contribution in [0.3, 0.4) is 0 Å². The van der Waals surface area contributed by atoms with Crippen LogP contribution in [0.25, 0.3) is 5.65 Å². The molecule has 4 heteroatoms. The van der Waals surface area contributed by atoms with Gasteiger partial charge in [-0.25, -0.2) is 4.98 Å². The van der Waals surface area contributed by atoms with E-state index in [0.717, 1.165) is 34.6 Å². The monoisotopic (exact) mass is 321 g/mol. The molecule has 24 heavy (non-hydrogen) atoms. The van der Waals surface area contributed by atoms with Crippen LogP contribution in [0.4, 0.5) is 5.69 Å². The summed E-state index contributed by atoms with van der Waals surface area (Å²) in [4.78, 5) is 19.8. The maximum atomic E-state index is 13.3. The Balaban J connectivity index is 2.15. The van der Waals surface area contributed by atoms with Gasteiger partial charge >= 0.3 is 0 Å². The molecule has 0 aliphatic carbocycles. The Labute approximate surface area is 142 Å². The van der Waals surface area contributed by atoms with Crippen LogP contribution in [-0.2, 0) is 6.42 Å². The van der Waals surface area contributed by atoms with Crippen molar-refractivity contribution in [2.75, 3.05) is 11.4 Å². The van der Waals surface area contributed by atoms with Crippen molar-refractivity contribution < 1.29 is 4.79 Å². The fourth-order valence-electron chi connectivity index (χ4n) is 3.09. The van der Waals surface area contributed by atoms with Crippen LogP contribution in [0, 0.1) is 13.8 Å². The molecule has 0 saturated carbocycles. The number of amides is 1. The Hall–Kier alpha value is -2.62. The molecule has 4 nitrogen and oxygen atoms in total. The molecule has 1 amide bonds. The fraction of sp³-hybridized carbons (Fsp3) is 0.300. The van der Waals surface area contributed by atoms with Crippen molar-refractivity contribution in [2.24, 2.45) is 0 Å². The third-order valence-corrected chi connectivity index (χ3v) is 4.33. The van der Waals surface area contributed by atoms with Gasteiger partial charge in [0.15, 0.2) is 0 Å². The third-order valence-electron chi connectivity index (χ3n) is 4.33. The second-order valence-corrected chi connectivity index (χ2v) is 6.03. The van der Waals surface area contributed by atoms with Crippen LogP contribution in [0.15, 0.2) is 42.6 Å². The Morgan fingerprint density at radius 1 is 1.17 bits per heavy atom. The van der Waals surface area contributed by atoms with E-state index in [-0.39, 0.29) is 5.91 Å². The van der Waals surface area contributed by atoms with E-state index in [4.69, 9.17) is 4.98 Å². The highest BCUT2D eigenvalue weighted by Crippen LogP contribution is 2.22. The quantitative estimate of drug-likeness (QED) is 0.723. The van der Waals surface area contributed by atoms with Crippen molar-refractivity contribution in [1.29, 1.82) is 0 Å².